The van der Waals surface area contributed by atoms with E-state index in [2.05, 4.69) is 39.1 Å². The Morgan fingerprint density at radius 2 is 2.00 bits per heavy atom. The summed E-state index contributed by atoms with van der Waals surface area (Å²) in [7, 11) is 0. The van der Waals surface area contributed by atoms with Gasteiger partial charge in [-0.1, -0.05) is 33.1 Å². The Kier molecular flexibility index (Phi) is 7.06. The highest BCUT2D eigenvalue weighted by Crippen LogP contribution is 2.41. The number of ether oxygens (including phenoxy) is 1. The number of hydrogen-bond donors (Lipinski definition) is 1. The van der Waals surface area contributed by atoms with E-state index in [1.807, 2.05) is 11.4 Å². The fraction of sp³-hybridized carbons (Fsp3) is 0.476. The lowest BCUT2D eigenvalue weighted by molar-refractivity contribution is 0.211. The molecule has 0 aliphatic carbocycles. The van der Waals surface area contributed by atoms with Gasteiger partial charge in [-0.05, 0) is 77.8 Å². The van der Waals surface area contributed by atoms with Crippen molar-refractivity contribution in [1.82, 2.24) is 0 Å². The molecule has 0 saturated carbocycles. The van der Waals surface area contributed by atoms with Crippen LogP contribution in [0.1, 0.15) is 68.6 Å². The third kappa shape index (κ3) is 4.63. The van der Waals surface area contributed by atoms with Gasteiger partial charge in [0, 0.05) is 5.56 Å². The van der Waals surface area contributed by atoms with Crippen molar-refractivity contribution in [2.75, 3.05) is 0 Å². The molecule has 136 valence electrons. The van der Waals surface area contributed by atoms with Crippen LogP contribution < -0.4 is 10.5 Å². The first-order valence-electron chi connectivity index (χ1n) is 9.13. The zero-order valence-electron chi connectivity index (χ0n) is 15.7. The third-order valence-corrected chi connectivity index (χ3v) is 5.70. The van der Waals surface area contributed by atoms with E-state index < -0.39 is 6.09 Å². The van der Waals surface area contributed by atoms with Crippen molar-refractivity contribution in [2.45, 2.75) is 65.7 Å². The number of carbonyl (C=O) groups excluding carboxylic acids is 1. The zero-order chi connectivity index (χ0) is 18.4. The summed E-state index contributed by atoms with van der Waals surface area (Å²) in [6.07, 6.45) is 5.19. The van der Waals surface area contributed by atoms with E-state index in [-0.39, 0.29) is 0 Å². The average molecular weight is 360 g/mol. The number of amides is 1. The van der Waals surface area contributed by atoms with Crippen LogP contribution in [0.4, 0.5) is 4.79 Å². The average Bonchev–Trinajstić information content (AvgIpc) is 3.09. The van der Waals surface area contributed by atoms with E-state index in [0.29, 0.717) is 11.7 Å². The molecule has 1 amide bonds. The van der Waals surface area contributed by atoms with E-state index in [1.165, 1.54) is 42.4 Å². The number of nitrogens with two attached hydrogens (primary N) is 1. The van der Waals surface area contributed by atoms with Crippen molar-refractivity contribution >= 4 is 17.4 Å². The number of unbranched alkanes of at least 4 members (excludes halogenated alkanes) is 2. The molecule has 2 N–H and O–H groups in total. The first-order valence-corrected chi connectivity index (χ1v) is 10.1. The second-order valence-corrected chi connectivity index (χ2v) is 7.40. The fourth-order valence-corrected chi connectivity index (χ4v) is 4.16. The summed E-state index contributed by atoms with van der Waals surface area (Å²) in [6, 6.07) is 4.10. The maximum absolute atomic E-state index is 11.5. The van der Waals surface area contributed by atoms with Crippen molar-refractivity contribution in [3.05, 3.63) is 39.6 Å². The summed E-state index contributed by atoms with van der Waals surface area (Å²) in [5.41, 5.74) is 11.1. The molecule has 1 aromatic carbocycles. The Morgan fingerprint density at radius 1 is 1.24 bits per heavy atom. The molecule has 1 unspecified atom stereocenters. The van der Waals surface area contributed by atoms with Gasteiger partial charge in [-0.3, -0.25) is 0 Å². The van der Waals surface area contributed by atoms with E-state index in [1.54, 1.807) is 11.3 Å². The highest BCUT2D eigenvalue weighted by molar-refractivity contribution is 7.08. The number of thiophene rings is 1. The van der Waals surface area contributed by atoms with Crippen LogP contribution in [0.5, 0.6) is 5.75 Å². The maximum atomic E-state index is 11.5. The maximum Gasteiger partial charge on any atom is 0.409 e. The van der Waals surface area contributed by atoms with Crippen molar-refractivity contribution in [2.24, 2.45) is 5.73 Å². The first-order chi connectivity index (χ1) is 12.0. The molecule has 1 heterocycles. The van der Waals surface area contributed by atoms with Gasteiger partial charge in [-0.25, -0.2) is 4.79 Å². The monoisotopic (exact) mass is 359 g/mol. The molecule has 0 aliphatic rings. The molecule has 1 atom stereocenters. The number of primary amides is 1. The molecular weight excluding hydrogens is 330 g/mol. The topological polar surface area (TPSA) is 52.3 Å². The third-order valence-electron chi connectivity index (χ3n) is 5.01. The molecule has 2 aromatic rings. The molecule has 4 heteroatoms. The predicted molar refractivity (Wildman–Crippen MR) is 107 cm³/mol. The van der Waals surface area contributed by atoms with E-state index >= 15 is 0 Å². The number of benzene rings is 1. The fourth-order valence-electron chi connectivity index (χ4n) is 3.51. The molecule has 25 heavy (non-hydrogen) atoms. The van der Waals surface area contributed by atoms with Gasteiger partial charge in [0.05, 0.1) is 0 Å². The van der Waals surface area contributed by atoms with Crippen molar-refractivity contribution in [3.63, 3.8) is 0 Å². The zero-order valence-corrected chi connectivity index (χ0v) is 16.5. The van der Waals surface area contributed by atoms with Gasteiger partial charge in [-0.15, -0.1) is 0 Å². The summed E-state index contributed by atoms with van der Waals surface area (Å²) in [6.45, 7) is 8.74. The van der Waals surface area contributed by atoms with Gasteiger partial charge in [0.1, 0.15) is 5.75 Å². The lowest BCUT2D eigenvalue weighted by atomic mass is 9.84. The quantitative estimate of drug-likeness (QED) is 0.542. The number of rotatable bonds is 8. The van der Waals surface area contributed by atoms with E-state index in [4.69, 9.17) is 10.5 Å². The van der Waals surface area contributed by atoms with Crippen molar-refractivity contribution in [1.29, 1.82) is 0 Å². The molecular formula is C21H29NO2S. The van der Waals surface area contributed by atoms with Crippen LogP contribution in [0, 0.1) is 13.8 Å². The molecule has 2 rings (SSSR count). The van der Waals surface area contributed by atoms with Gasteiger partial charge in [-0.2, -0.15) is 11.3 Å². The Balaban J connectivity index is 2.51. The smallest absolute Gasteiger partial charge is 0.409 e. The predicted octanol–water partition coefficient (Wildman–Crippen LogP) is 6.56. The first kappa shape index (κ1) is 19.5. The molecule has 0 radical (unpaired) electrons. The minimum Gasteiger partial charge on any atom is -0.410 e. The van der Waals surface area contributed by atoms with Crippen LogP contribution in [0.3, 0.4) is 0 Å². The summed E-state index contributed by atoms with van der Waals surface area (Å²) < 4.78 is 5.41. The van der Waals surface area contributed by atoms with Crippen LogP contribution in [-0.4, -0.2) is 6.09 Å². The van der Waals surface area contributed by atoms with E-state index in [9.17, 15) is 4.79 Å². The van der Waals surface area contributed by atoms with Gasteiger partial charge >= 0.3 is 6.09 Å². The van der Waals surface area contributed by atoms with Crippen LogP contribution in [0.15, 0.2) is 22.9 Å². The number of hydrogen-bond acceptors (Lipinski definition) is 3. The lowest BCUT2D eigenvalue weighted by Gasteiger charge is -2.23. The normalized spacial score (nSPS) is 12.2. The van der Waals surface area contributed by atoms with Crippen LogP contribution >= 0.6 is 11.3 Å². The van der Waals surface area contributed by atoms with Crippen LogP contribution in [0.2, 0.25) is 0 Å². The SMILES string of the molecule is CCCCCC(CC)c1cc(OC(N)=O)c(-c2ccsc2)c(C)c1C. The number of carbonyl (C=O) groups is 1. The second-order valence-electron chi connectivity index (χ2n) is 6.62. The summed E-state index contributed by atoms with van der Waals surface area (Å²) in [4.78, 5) is 11.5. The van der Waals surface area contributed by atoms with Gasteiger partial charge in [0.25, 0.3) is 0 Å². The molecule has 0 spiro atoms. The largest absolute Gasteiger partial charge is 0.410 e. The van der Waals surface area contributed by atoms with Crippen molar-refractivity contribution < 1.29 is 9.53 Å². The molecule has 1 aromatic heterocycles. The standard InChI is InChI=1S/C21H29NO2S/c1-5-7-8-9-16(6-2)18-12-19(24-21(22)23)20(15(4)14(18)3)17-10-11-25-13-17/h10-13,16H,5-9H2,1-4H3,(H2,22,23). The highest BCUT2D eigenvalue weighted by Gasteiger charge is 2.21. The molecule has 0 aliphatic heterocycles. The van der Waals surface area contributed by atoms with Gasteiger partial charge in [0.2, 0.25) is 0 Å². The highest BCUT2D eigenvalue weighted by atomic mass is 32.1. The molecule has 3 nitrogen and oxygen atoms in total. The Morgan fingerprint density at radius 3 is 2.56 bits per heavy atom. The second kappa shape index (κ2) is 9.04. The lowest BCUT2D eigenvalue weighted by Crippen LogP contribution is -2.17. The molecule has 0 fully saturated rings. The van der Waals surface area contributed by atoms with Gasteiger partial charge < -0.3 is 10.5 Å². The van der Waals surface area contributed by atoms with Crippen molar-refractivity contribution in [3.8, 4) is 16.9 Å². The Labute approximate surface area is 155 Å². The summed E-state index contributed by atoms with van der Waals surface area (Å²) in [5.74, 6) is 1.06. The minimum atomic E-state index is -0.760. The minimum absolute atomic E-state index is 0.483. The van der Waals surface area contributed by atoms with E-state index in [0.717, 1.165) is 17.5 Å². The summed E-state index contributed by atoms with van der Waals surface area (Å²) >= 11 is 1.63. The summed E-state index contributed by atoms with van der Waals surface area (Å²) in [5, 5.41) is 4.11. The Bertz CT molecular complexity index is 707. The molecule has 0 saturated heterocycles. The van der Waals surface area contributed by atoms with Crippen LogP contribution in [-0.2, 0) is 0 Å². The van der Waals surface area contributed by atoms with Crippen LogP contribution in [0.25, 0.3) is 11.1 Å². The molecule has 0 bridgehead atoms. The Hall–Kier alpha value is -1.81. The van der Waals surface area contributed by atoms with Gasteiger partial charge in [0.15, 0.2) is 0 Å².